The molecule has 1 radical (unpaired) electrons. The van der Waals surface area contributed by atoms with Crippen molar-refractivity contribution >= 4 is 0 Å². The lowest BCUT2D eigenvalue weighted by Gasteiger charge is -2.08. The lowest BCUT2D eigenvalue weighted by molar-refractivity contribution is 0.661. The molecule has 0 bridgehead atoms. The maximum atomic E-state index is 3.94. The zero-order chi connectivity index (χ0) is 8.10. The third kappa shape index (κ3) is 2.72. The van der Waals surface area contributed by atoms with Crippen LogP contribution in [0.4, 0.5) is 0 Å². The van der Waals surface area contributed by atoms with Crippen molar-refractivity contribution in [3.8, 4) is 0 Å². The van der Waals surface area contributed by atoms with Crippen LogP contribution >= 0.6 is 0 Å². The van der Waals surface area contributed by atoms with Crippen molar-refractivity contribution in [2.45, 2.75) is 12.5 Å². The highest BCUT2D eigenvalue weighted by atomic mass is 14.8. The quantitative estimate of drug-likeness (QED) is 0.687. The number of hydrogen-bond acceptors (Lipinski definition) is 1. The zero-order valence-corrected chi connectivity index (χ0v) is 6.88. The molecule has 1 aromatic rings. The van der Waals surface area contributed by atoms with Gasteiger partial charge in [-0.1, -0.05) is 30.3 Å². The molecule has 0 fully saturated rings. The van der Waals surface area contributed by atoms with Crippen LogP contribution in [-0.2, 0) is 6.42 Å². The van der Waals surface area contributed by atoms with Crippen molar-refractivity contribution in [2.24, 2.45) is 0 Å². The second-order valence-corrected chi connectivity index (χ2v) is 2.68. The maximum Gasteiger partial charge on any atom is 0.0105 e. The van der Waals surface area contributed by atoms with Crippen LogP contribution in [0.15, 0.2) is 30.3 Å². The van der Waals surface area contributed by atoms with Gasteiger partial charge in [0.25, 0.3) is 0 Å². The van der Waals surface area contributed by atoms with E-state index in [0.29, 0.717) is 6.04 Å². The summed E-state index contributed by atoms with van der Waals surface area (Å²) in [6, 6.07) is 10.7. The second-order valence-electron chi connectivity index (χ2n) is 2.68. The van der Waals surface area contributed by atoms with Gasteiger partial charge in [0.1, 0.15) is 0 Å². The molecule has 1 aromatic carbocycles. The molecule has 0 saturated carbocycles. The highest BCUT2D eigenvalue weighted by Crippen LogP contribution is 2.01. The summed E-state index contributed by atoms with van der Waals surface area (Å²) in [6.45, 7) is 3.94. The smallest absolute Gasteiger partial charge is 0.0105 e. The fourth-order valence-electron chi connectivity index (χ4n) is 1.00. The van der Waals surface area contributed by atoms with Gasteiger partial charge in [0.2, 0.25) is 0 Å². The van der Waals surface area contributed by atoms with E-state index in [1.54, 1.807) is 0 Å². The molecule has 0 aliphatic heterocycles. The van der Waals surface area contributed by atoms with Gasteiger partial charge in [0.15, 0.2) is 0 Å². The van der Waals surface area contributed by atoms with E-state index in [2.05, 4.69) is 36.5 Å². The minimum atomic E-state index is 0.317. The molecular formula is C10H14N. The van der Waals surface area contributed by atoms with Crippen LogP contribution in [-0.4, -0.2) is 13.1 Å². The van der Waals surface area contributed by atoms with Crippen LogP contribution in [0.2, 0.25) is 0 Å². The van der Waals surface area contributed by atoms with Crippen LogP contribution < -0.4 is 5.32 Å². The molecule has 1 rings (SSSR count). The molecule has 0 aliphatic carbocycles. The van der Waals surface area contributed by atoms with Gasteiger partial charge in [-0.25, -0.2) is 0 Å². The van der Waals surface area contributed by atoms with Crippen molar-refractivity contribution in [1.29, 1.82) is 0 Å². The van der Waals surface area contributed by atoms with Gasteiger partial charge in [0.05, 0.1) is 0 Å². The summed E-state index contributed by atoms with van der Waals surface area (Å²) in [6.07, 6.45) is 0.997. The first kappa shape index (κ1) is 8.28. The van der Waals surface area contributed by atoms with Crippen LogP contribution in [0.1, 0.15) is 5.56 Å². The summed E-state index contributed by atoms with van der Waals surface area (Å²) >= 11 is 0. The molecule has 1 heteroatoms. The van der Waals surface area contributed by atoms with E-state index in [0.717, 1.165) is 6.42 Å². The average Bonchev–Trinajstić information content (AvgIpc) is 2.06. The molecule has 0 saturated heterocycles. The van der Waals surface area contributed by atoms with E-state index in [1.807, 2.05) is 13.1 Å². The molecule has 0 spiro atoms. The highest BCUT2D eigenvalue weighted by Gasteiger charge is 1.97. The van der Waals surface area contributed by atoms with Gasteiger partial charge >= 0.3 is 0 Å². The van der Waals surface area contributed by atoms with Crippen LogP contribution in [0, 0.1) is 6.92 Å². The first-order valence-corrected chi connectivity index (χ1v) is 3.87. The number of rotatable bonds is 3. The van der Waals surface area contributed by atoms with E-state index < -0.39 is 0 Å². The fraction of sp³-hybridized carbons (Fsp3) is 0.300. The Labute approximate surface area is 68.4 Å². The molecule has 0 amide bonds. The summed E-state index contributed by atoms with van der Waals surface area (Å²) in [5.41, 5.74) is 1.34. The number of benzene rings is 1. The maximum absolute atomic E-state index is 3.94. The average molecular weight is 148 g/mol. The summed E-state index contributed by atoms with van der Waals surface area (Å²) in [7, 11) is 1.93. The van der Waals surface area contributed by atoms with Gasteiger partial charge < -0.3 is 5.32 Å². The molecule has 59 valence electrons. The Hall–Kier alpha value is -0.820. The minimum Gasteiger partial charge on any atom is -0.317 e. The Balaban J connectivity index is 2.51. The van der Waals surface area contributed by atoms with Crippen LogP contribution in [0.25, 0.3) is 0 Å². The molecule has 0 aromatic heterocycles. The van der Waals surface area contributed by atoms with Gasteiger partial charge in [-0.15, -0.1) is 0 Å². The number of nitrogens with one attached hydrogen (secondary N) is 1. The first-order chi connectivity index (χ1) is 5.33. The van der Waals surface area contributed by atoms with Gasteiger partial charge in [0, 0.05) is 6.04 Å². The summed E-state index contributed by atoms with van der Waals surface area (Å²) in [4.78, 5) is 0. The molecule has 1 N–H and O–H groups in total. The molecular weight excluding hydrogens is 134 g/mol. The Morgan fingerprint density at radius 2 is 2.00 bits per heavy atom. The lowest BCUT2D eigenvalue weighted by atomic mass is 10.1. The number of hydrogen-bond donors (Lipinski definition) is 1. The summed E-state index contributed by atoms with van der Waals surface area (Å²) < 4.78 is 0. The molecule has 1 atom stereocenters. The molecule has 1 nitrogen and oxygen atoms in total. The fourth-order valence-corrected chi connectivity index (χ4v) is 1.00. The largest absolute Gasteiger partial charge is 0.317 e. The number of likely N-dealkylation sites (N-methyl/N-ethyl adjacent to an activating group) is 1. The third-order valence-corrected chi connectivity index (χ3v) is 1.73. The van der Waals surface area contributed by atoms with E-state index in [4.69, 9.17) is 0 Å². The van der Waals surface area contributed by atoms with Gasteiger partial charge in [-0.2, -0.15) is 0 Å². The van der Waals surface area contributed by atoms with E-state index >= 15 is 0 Å². The second kappa shape index (κ2) is 4.14. The Morgan fingerprint density at radius 3 is 2.55 bits per heavy atom. The van der Waals surface area contributed by atoms with Crippen molar-refractivity contribution in [2.75, 3.05) is 7.05 Å². The zero-order valence-electron chi connectivity index (χ0n) is 6.88. The predicted octanol–water partition coefficient (Wildman–Crippen LogP) is 1.65. The minimum absolute atomic E-state index is 0.317. The van der Waals surface area contributed by atoms with Gasteiger partial charge in [-0.05, 0) is 26.0 Å². The van der Waals surface area contributed by atoms with E-state index in [9.17, 15) is 0 Å². The molecule has 1 unspecified atom stereocenters. The molecule has 0 aliphatic rings. The predicted molar refractivity (Wildman–Crippen MR) is 48.4 cm³/mol. The van der Waals surface area contributed by atoms with E-state index in [-0.39, 0.29) is 0 Å². The SMILES string of the molecule is [CH2]C(Cc1ccccc1)NC. The van der Waals surface area contributed by atoms with Gasteiger partial charge in [-0.3, -0.25) is 0 Å². The van der Waals surface area contributed by atoms with E-state index in [1.165, 1.54) is 5.56 Å². The van der Waals surface area contributed by atoms with Crippen LogP contribution in [0.5, 0.6) is 0 Å². The Morgan fingerprint density at radius 1 is 1.36 bits per heavy atom. The Bertz CT molecular complexity index is 193. The van der Waals surface area contributed by atoms with Crippen molar-refractivity contribution < 1.29 is 0 Å². The Kier molecular flexibility index (Phi) is 3.12. The first-order valence-electron chi connectivity index (χ1n) is 3.87. The van der Waals surface area contributed by atoms with Crippen molar-refractivity contribution in [3.63, 3.8) is 0 Å². The summed E-state index contributed by atoms with van der Waals surface area (Å²) in [5.74, 6) is 0. The standard InChI is InChI=1S/C10H14N/c1-9(11-2)8-10-6-4-3-5-7-10/h3-7,9,11H,1,8H2,2H3. The monoisotopic (exact) mass is 148 g/mol. The topological polar surface area (TPSA) is 12.0 Å². The van der Waals surface area contributed by atoms with Crippen molar-refractivity contribution in [3.05, 3.63) is 42.8 Å². The third-order valence-electron chi connectivity index (χ3n) is 1.73. The van der Waals surface area contributed by atoms with Crippen LogP contribution in [0.3, 0.4) is 0 Å². The lowest BCUT2D eigenvalue weighted by Crippen LogP contribution is -2.23. The molecule has 0 heterocycles. The highest BCUT2D eigenvalue weighted by molar-refractivity contribution is 5.15. The van der Waals surface area contributed by atoms with Crippen molar-refractivity contribution in [1.82, 2.24) is 5.32 Å². The normalized spacial score (nSPS) is 12.9. The summed E-state index contributed by atoms with van der Waals surface area (Å²) in [5, 5.41) is 3.10. The molecule has 11 heavy (non-hydrogen) atoms.